The van der Waals surface area contributed by atoms with Crippen molar-refractivity contribution in [1.82, 2.24) is 14.7 Å². The first kappa shape index (κ1) is 9.02. The van der Waals surface area contributed by atoms with Crippen LogP contribution in [0.1, 0.15) is 18.7 Å². The van der Waals surface area contributed by atoms with Gasteiger partial charge in [0.05, 0.1) is 5.69 Å². The van der Waals surface area contributed by atoms with Gasteiger partial charge in [0.1, 0.15) is 0 Å². The summed E-state index contributed by atoms with van der Waals surface area (Å²) < 4.78 is 1.82. The van der Waals surface area contributed by atoms with Gasteiger partial charge >= 0.3 is 0 Å². The predicted molar refractivity (Wildman–Crippen MR) is 54.3 cm³/mol. The van der Waals surface area contributed by atoms with E-state index in [0.29, 0.717) is 5.65 Å². The van der Waals surface area contributed by atoms with Gasteiger partial charge in [0.25, 0.3) is 0 Å². The number of aromatic nitrogens is 2. The van der Waals surface area contributed by atoms with Gasteiger partial charge in [-0.15, -0.1) is 0 Å². The van der Waals surface area contributed by atoms with Crippen LogP contribution < -0.4 is 5.32 Å². The molecule has 2 rings (SSSR count). The summed E-state index contributed by atoms with van der Waals surface area (Å²) >= 11 is 0. The Bertz CT molecular complexity index is 450. The molecule has 0 aromatic carbocycles. The van der Waals surface area contributed by atoms with Crippen LogP contribution in [0.3, 0.4) is 0 Å². The zero-order valence-electron chi connectivity index (χ0n) is 8.23. The van der Waals surface area contributed by atoms with E-state index < -0.39 is 0 Å². The van der Waals surface area contributed by atoms with Gasteiger partial charge in [-0.1, -0.05) is 0 Å². The first-order valence-electron chi connectivity index (χ1n) is 4.56. The molecule has 4 nitrogen and oxygen atoms in total. The number of aromatic hydroxyl groups is 1. The first-order valence-corrected chi connectivity index (χ1v) is 4.56. The quantitative estimate of drug-likeness (QED) is 0.752. The van der Waals surface area contributed by atoms with Crippen molar-refractivity contribution in [3.63, 3.8) is 0 Å². The lowest BCUT2D eigenvalue weighted by Gasteiger charge is -2.03. The summed E-state index contributed by atoms with van der Waals surface area (Å²) in [5.41, 5.74) is 1.53. The van der Waals surface area contributed by atoms with Gasteiger partial charge in [0.15, 0.2) is 11.4 Å². The maximum Gasteiger partial charge on any atom is 0.179 e. The number of nitrogens with zero attached hydrogens (tertiary/aromatic N) is 2. The molecule has 0 spiro atoms. The molecular formula is C10H13N3O. The van der Waals surface area contributed by atoms with Crippen LogP contribution in [0.15, 0.2) is 24.5 Å². The molecule has 74 valence electrons. The highest BCUT2D eigenvalue weighted by atomic mass is 16.3. The molecule has 2 aromatic heterocycles. The van der Waals surface area contributed by atoms with E-state index in [1.54, 1.807) is 12.1 Å². The van der Waals surface area contributed by atoms with Gasteiger partial charge in [-0.05, 0) is 26.1 Å². The van der Waals surface area contributed by atoms with E-state index in [0.717, 1.165) is 5.69 Å². The molecule has 0 radical (unpaired) electrons. The van der Waals surface area contributed by atoms with E-state index in [4.69, 9.17) is 0 Å². The van der Waals surface area contributed by atoms with Gasteiger partial charge in [0.2, 0.25) is 0 Å². The van der Waals surface area contributed by atoms with Crippen LogP contribution in [0.2, 0.25) is 0 Å². The summed E-state index contributed by atoms with van der Waals surface area (Å²) in [4.78, 5) is 4.33. The number of pyridine rings is 1. The monoisotopic (exact) mass is 191 g/mol. The zero-order valence-corrected chi connectivity index (χ0v) is 8.23. The standard InChI is InChI=1S/C10H13N3O/c1-7(11-2)8-6-13-5-3-4-9(14)10(13)12-8/h3-7,11,14H,1-2H3. The summed E-state index contributed by atoms with van der Waals surface area (Å²) in [7, 11) is 1.88. The average molecular weight is 191 g/mol. The fraction of sp³-hybridized carbons (Fsp3) is 0.300. The molecule has 0 aliphatic heterocycles. The van der Waals surface area contributed by atoms with Crippen molar-refractivity contribution in [2.75, 3.05) is 7.05 Å². The maximum atomic E-state index is 9.54. The van der Waals surface area contributed by atoms with Gasteiger partial charge in [-0.3, -0.25) is 0 Å². The van der Waals surface area contributed by atoms with Crippen molar-refractivity contribution in [2.24, 2.45) is 0 Å². The summed E-state index contributed by atoms with van der Waals surface area (Å²) in [6.07, 6.45) is 3.78. The predicted octanol–water partition coefficient (Wildman–Crippen LogP) is 1.32. The van der Waals surface area contributed by atoms with E-state index >= 15 is 0 Å². The third-order valence-electron chi connectivity index (χ3n) is 2.36. The van der Waals surface area contributed by atoms with Crippen LogP contribution >= 0.6 is 0 Å². The Kier molecular flexibility index (Phi) is 2.13. The average Bonchev–Trinajstić information content (AvgIpc) is 2.62. The molecule has 0 saturated heterocycles. The Balaban J connectivity index is 2.56. The van der Waals surface area contributed by atoms with Crippen LogP contribution in [0.5, 0.6) is 5.75 Å². The zero-order chi connectivity index (χ0) is 10.1. The molecule has 1 atom stereocenters. The minimum Gasteiger partial charge on any atom is -0.504 e. The van der Waals surface area contributed by atoms with Crippen LogP contribution in [0, 0.1) is 0 Å². The van der Waals surface area contributed by atoms with Gasteiger partial charge < -0.3 is 14.8 Å². The molecule has 2 aromatic rings. The Morgan fingerprint density at radius 1 is 1.57 bits per heavy atom. The Morgan fingerprint density at radius 3 is 3.00 bits per heavy atom. The van der Waals surface area contributed by atoms with Gasteiger partial charge in [-0.25, -0.2) is 4.98 Å². The molecule has 1 unspecified atom stereocenters. The van der Waals surface area contributed by atoms with Crippen LogP contribution in [0.4, 0.5) is 0 Å². The molecule has 0 amide bonds. The molecule has 0 saturated carbocycles. The summed E-state index contributed by atoms with van der Waals surface area (Å²) in [5, 5.41) is 12.6. The lowest BCUT2D eigenvalue weighted by Crippen LogP contribution is -2.12. The highest BCUT2D eigenvalue weighted by molar-refractivity contribution is 5.53. The van der Waals surface area contributed by atoms with Crippen molar-refractivity contribution in [1.29, 1.82) is 0 Å². The minimum atomic E-state index is 0.189. The van der Waals surface area contributed by atoms with E-state index in [1.165, 1.54) is 0 Å². The van der Waals surface area contributed by atoms with E-state index in [9.17, 15) is 5.11 Å². The van der Waals surface area contributed by atoms with Crippen molar-refractivity contribution in [3.8, 4) is 5.75 Å². The molecule has 0 aliphatic carbocycles. The van der Waals surface area contributed by atoms with Crippen molar-refractivity contribution in [3.05, 3.63) is 30.2 Å². The number of hydrogen-bond donors (Lipinski definition) is 2. The number of nitrogens with one attached hydrogen (secondary N) is 1. The molecular weight excluding hydrogens is 178 g/mol. The molecule has 4 heteroatoms. The second kappa shape index (κ2) is 3.31. The minimum absolute atomic E-state index is 0.189. The number of rotatable bonds is 2. The van der Waals surface area contributed by atoms with Crippen LogP contribution in [0.25, 0.3) is 5.65 Å². The molecule has 0 aliphatic rings. The smallest absolute Gasteiger partial charge is 0.179 e. The SMILES string of the molecule is CNC(C)c1cn2cccc(O)c2n1. The highest BCUT2D eigenvalue weighted by Gasteiger charge is 2.09. The fourth-order valence-electron chi connectivity index (χ4n) is 1.37. The fourth-order valence-corrected chi connectivity index (χ4v) is 1.37. The molecule has 0 bridgehead atoms. The van der Waals surface area contributed by atoms with E-state index in [2.05, 4.69) is 10.3 Å². The van der Waals surface area contributed by atoms with E-state index in [-0.39, 0.29) is 11.8 Å². The summed E-state index contributed by atoms with van der Waals surface area (Å²) in [6.45, 7) is 2.03. The van der Waals surface area contributed by atoms with Crippen LogP contribution in [-0.2, 0) is 0 Å². The second-order valence-electron chi connectivity index (χ2n) is 3.30. The Morgan fingerprint density at radius 2 is 2.36 bits per heavy atom. The van der Waals surface area contributed by atoms with E-state index in [1.807, 2.05) is 30.8 Å². The topological polar surface area (TPSA) is 49.6 Å². The number of fused-ring (bicyclic) bond motifs is 1. The number of imidazole rings is 1. The largest absolute Gasteiger partial charge is 0.504 e. The third kappa shape index (κ3) is 1.33. The van der Waals surface area contributed by atoms with Crippen molar-refractivity contribution >= 4 is 5.65 Å². The highest BCUT2D eigenvalue weighted by Crippen LogP contribution is 2.19. The molecule has 2 heterocycles. The summed E-state index contributed by atoms with van der Waals surface area (Å²) in [6, 6.07) is 3.61. The molecule has 0 fully saturated rings. The van der Waals surface area contributed by atoms with Gasteiger partial charge in [-0.2, -0.15) is 0 Å². The second-order valence-corrected chi connectivity index (χ2v) is 3.30. The maximum absolute atomic E-state index is 9.54. The Hall–Kier alpha value is -1.55. The van der Waals surface area contributed by atoms with Gasteiger partial charge in [0, 0.05) is 18.4 Å². The van der Waals surface area contributed by atoms with Crippen molar-refractivity contribution in [2.45, 2.75) is 13.0 Å². The lowest BCUT2D eigenvalue weighted by molar-refractivity contribution is 0.477. The Labute approximate surface area is 82.2 Å². The molecule has 14 heavy (non-hydrogen) atoms. The number of hydrogen-bond acceptors (Lipinski definition) is 3. The normalized spacial score (nSPS) is 13.3. The lowest BCUT2D eigenvalue weighted by atomic mass is 10.3. The van der Waals surface area contributed by atoms with Crippen LogP contribution in [-0.4, -0.2) is 21.5 Å². The third-order valence-corrected chi connectivity index (χ3v) is 2.36. The molecule has 2 N–H and O–H groups in total. The first-order chi connectivity index (χ1) is 6.72. The van der Waals surface area contributed by atoms with Crippen molar-refractivity contribution < 1.29 is 5.11 Å². The summed E-state index contributed by atoms with van der Waals surface area (Å²) in [5.74, 6) is 0.210.